The Hall–Kier alpha value is -1.89. The van der Waals surface area contributed by atoms with Gasteiger partial charge in [-0.25, -0.2) is 4.98 Å². The fourth-order valence-corrected chi connectivity index (χ4v) is 3.38. The van der Waals surface area contributed by atoms with E-state index in [0.717, 1.165) is 19.4 Å². The number of nitrogens with zero attached hydrogens (tertiary/aromatic N) is 3. The molecule has 3 rings (SSSR count). The van der Waals surface area contributed by atoms with Gasteiger partial charge in [0.2, 0.25) is 0 Å². The Kier molecular flexibility index (Phi) is 3.44. The van der Waals surface area contributed by atoms with Crippen molar-refractivity contribution in [3.05, 3.63) is 18.2 Å². The first-order valence-corrected chi connectivity index (χ1v) is 7.23. The van der Waals surface area contributed by atoms with Crippen molar-refractivity contribution in [1.29, 1.82) is 0 Å². The molecule has 2 aliphatic heterocycles. The van der Waals surface area contributed by atoms with E-state index in [1.807, 2.05) is 11.9 Å². The maximum absolute atomic E-state index is 12.4. The minimum atomic E-state index is -0.778. The SMILES string of the molecule is Cn1cncc1C(=O)N1CCC2(CC1)CNC(C(=O)O)C2. The average molecular weight is 292 g/mol. The quantitative estimate of drug-likeness (QED) is 0.806. The molecule has 2 aliphatic rings. The summed E-state index contributed by atoms with van der Waals surface area (Å²) in [7, 11) is 1.81. The summed E-state index contributed by atoms with van der Waals surface area (Å²) in [6.45, 7) is 2.09. The Morgan fingerprint density at radius 3 is 2.67 bits per heavy atom. The monoisotopic (exact) mass is 292 g/mol. The Morgan fingerprint density at radius 2 is 2.14 bits per heavy atom. The molecule has 1 aromatic rings. The third-order valence-corrected chi connectivity index (χ3v) is 4.81. The molecule has 1 aromatic heterocycles. The molecule has 0 bridgehead atoms. The van der Waals surface area contributed by atoms with Gasteiger partial charge in [0.1, 0.15) is 11.7 Å². The zero-order valence-electron chi connectivity index (χ0n) is 12.1. The number of carboxylic acids is 1. The first kappa shape index (κ1) is 14.1. The molecule has 2 fully saturated rings. The van der Waals surface area contributed by atoms with Crippen LogP contribution in [-0.4, -0.2) is 57.1 Å². The molecule has 0 aliphatic carbocycles. The summed E-state index contributed by atoms with van der Waals surface area (Å²) in [6, 6.07) is -0.440. The molecule has 2 N–H and O–H groups in total. The van der Waals surface area contributed by atoms with Gasteiger partial charge in [0, 0.05) is 26.7 Å². The van der Waals surface area contributed by atoms with E-state index in [1.54, 1.807) is 17.1 Å². The molecule has 0 aromatic carbocycles. The summed E-state index contributed by atoms with van der Waals surface area (Å²) < 4.78 is 1.73. The highest BCUT2D eigenvalue weighted by atomic mass is 16.4. The summed E-state index contributed by atoms with van der Waals surface area (Å²) >= 11 is 0. The smallest absolute Gasteiger partial charge is 0.320 e. The third-order valence-electron chi connectivity index (χ3n) is 4.81. The topological polar surface area (TPSA) is 87.5 Å². The number of carbonyl (C=O) groups is 2. The van der Waals surface area contributed by atoms with E-state index in [1.165, 1.54) is 0 Å². The van der Waals surface area contributed by atoms with Gasteiger partial charge >= 0.3 is 5.97 Å². The number of aryl methyl sites for hydroxylation is 1. The van der Waals surface area contributed by atoms with Crippen LogP contribution >= 0.6 is 0 Å². The Balaban J connectivity index is 1.62. The van der Waals surface area contributed by atoms with Gasteiger partial charge in [0.05, 0.1) is 12.5 Å². The molecule has 1 spiro atoms. The van der Waals surface area contributed by atoms with Gasteiger partial charge in [-0.05, 0) is 24.7 Å². The zero-order valence-corrected chi connectivity index (χ0v) is 12.1. The summed E-state index contributed by atoms with van der Waals surface area (Å²) in [4.78, 5) is 29.3. The van der Waals surface area contributed by atoms with E-state index >= 15 is 0 Å². The summed E-state index contributed by atoms with van der Waals surface area (Å²) in [5.74, 6) is -0.772. The maximum Gasteiger partial charge on any atom is 0.320 e. The number of piperidine rings is 1. The Morgan fingerprint density at radius 1 is 1.43 bits per heavy atom. The van der Waals surface area contributed by atoms with Crippen molar-refractivity contribution >= 4 is 11.9 Å². The van der Waals surface area contributed by atoms with Crippen LogP contribution in [0.2, 0.25) is 0 Å². The van der Waals surface area contributed by atoms with Crippen LogP contribution in [-0.2, 0) is 11.8 Å². The number of amides is 1. The highest BCUT2D eigenvalue weighted by Crippen LogP contribution is 2.39. The molecule has 1 amide bonds. The number of aliphatic carboxylic acids is 1. The van der Waals surface area contributed by atoms with Crippen molar-refractivity contribution in [3.8, 4) is 0 Å². The lowest BCUT2D eigenvalue weighted by Crippen LogP contribution is -2.44. The maximum atomic E-state index is 12.4. The fourth-order valence-electron chi connectivity index (χ4n) is 3.38. The molecule has 7 nitrogen and oxygen atoms in total. The number of aromatic nitrogens is 2. The zero-order chi connectivity index (χ0) is 15.0. The van der Waals surface area contributed by atoms with Gasteiger partial charge in [-0.1, -0.05) is 0 Å². The normalized spacial score (nSPS) is 24.4. The summed E-state index contributed by atoms with van der Waals surface area (Å²) in [5.41, 5.74) is 0.630. The molecule has 21 heavy (non-hydrogen) atoms. The van der Waals surface area contributed by atoms with Crippen LogP contribution in [0.4, 0.5) is 0 Å². The van der Waals surface area contributed by atoms with Gasteiger partial charge in [-0.3, -0.25) is 9.59 Å². The van der Waals surface area contributed by atoms with Crippen molar-refractivity contribution in [2.24, 2.45) is 12.5 Å². The number of carboxylic acid groups (broad SMARTS) is 1. The largest absolute Gasteiger partial charge is 0.480 e. The molecular formula is C14H20N4O3. The van der Waals surface area contributed by atoms with Crippen LogP contribution in [0, 0.1) is 5.41 Å². The minimum absolute atomic E-state index is 0.00518. The lowest BCUT2D eigenvalue weighted by molar-refractivity contribution is -0.139. The van der Waals surface area contributed by atoms with Crippen LogP contribution in [0.15, 0.2) is 12.5 Å². The van der Waals surface area contributed by atoms with Gasteiger partial charge in [-0.2, -0.15) is 0 Å². The second-order valence-corrected chi connectivity index (χ2v) is 6.16. The molecule has 1 unspecified atom stereocenters. The van der Waals surface area contributed by atoms with E-state index in [9.17, 15) is 9.59 Å². The van der Waals surface area contributed by atoms with E-state index in [-0.39, 0.29) is 11.3 Å². The van der Waals surface area contributed by atoms with Crippen molar-refractivity contribution in [2.45, 2.75) is 25.3 Å². The van der Waals surface area contributed by atoms with Crippen LogP contribution in [0.1, 0.15) is 29.8 Å². The molecule has 0 radical (unpaired) electrons. The lowest BCUT2D eigenvalue weighted by Gasteiger charge is -2.38. The van der Waals surface area contributed by atoms with E-state index < -0.39 is 12.0 Å². The summed E-state index contributed by atoms with van der Waals surface area (Å²) in [6.07, 6.45) is 5.58. The van der Waals surface area contributed by atoms with E-state index in [4.69, 9.17) is 5.11 Å². The van der Waals surface area contributed by atoms with Crippen molar-refractivity contribution < 1.29 is 14.7 Å². The second kappa shape index (κ2) is 5.14. The minimum Gasteiger partial charge on any atom is -0.480 e. The molecule has 1 atom stereocenters. The highest BCUT2D eigenvalue weighted by Gasteiger charge is 2.44. The van der Waals surface area contributed by atoms with Crippen LogP contribution in [0.25, 0.3) is 0 Å². The second-order valence-electron chi connectivity index (χ2n) is 6.16. The molecule has 3 heterocycles. The Labute approximate surface area is 122 Å². The fraction of sp³-hybridized carbons (Fsp3) is 0.643. The Bertz CT molecular complexity index is 560. The number of likely N-dealkylation sites (tertiary alicyclic amines) is 1. The first-order valence-electron chi connectivity index (χ1n) is 7.23. The number of imidazole rings is 1. The van der Waals surface area contributed by atoms with Gasteiger partial charge < -0.3 is 19.9 Å². The van der Waals surface area contributed by atoms with Gasteiger partial charge in [-0.15, -0.1) is 0 Å². The van der Waals surface area contributed by atoms with Gasteiger partial charge in [0.25, 0.3) is 5.91 Å². The number of nitrogens with one attached hydrogen (secondary N) is 1. The van der Waals surface area contributed by atoms with Crippen LogP contribution in [0.3, 0.4) is 0 Å². The third kappa shape index (κ3) is 2.53. The van der Waals surface area contributed by atoms with Crippen molar-refractivity contribution in [1.82, 2.24) is 19.8 Å². The van der Waals surface area contributed by atoms with Gasteiger partial charge in [0.15, 0.2) is 0 Å². The average Bonchev–Trinajstić information content (AvgIpc) is 3.06. The molecule has 2 saturated heterocycles. The highest BCUT2D eigenvalue weighted by molar-refractivity contribution is 5.92. The van der Waals surface area contributed by atoms with Crippen molar-refractivity contribution in [2.75, 3.05) is 19.6 Å². The van der Waals surface area contributed by atoms with Crippen molar-refractivity contribution in [3.63, 3.8) is 0 Å². The summed E-state index contributed by atoms with van der Waals surface area (Å²) in [5, 5.41) is 12.2. The predicted octanol–water partition coefficient (Wildman–Crippen LogP) is 0.0890. The predicted molar refractivity (Wildman–Crippen MR) is 74.8 cm³/mol. The number of rotatable bonds is 2. The molecule has 7 heteroatoms. The lowest BCUT2D eigenvalue weighted by atomic mass is 9.76. The van der Waals surface area contributed by atoms with Crippen LogP contribution in [0.5, 0.6) is 0 Å². The standard InChI is InChI=1S/C14H20N4O3/c1-17-9-15-7-11(17)12(19)18-4-2-14(3-5-18)6-10(13(20)21)16-8-14/h7,9-10,16H,2-6,8H2,1H3,(H,20,21). The molecule has 0 saturated carbocycles. The molecule has 114 valence electrons. The molecular weight excluding hydrogens is 272 g/mol. The first-order chi connectivity index (χ1) is 10.0. The van der Waals surface area contributed by atoms with E-state index in [0.29, 0.717) is 25.2 Å². The number of hydrogen-bond donors (Lipinski definition) is 2. The number of hydrogen-bond acceptors (Lipinski definition) is 4. The van der Waals surface area contributed by atoms with E-state index in [2.05, 4.69) is 10.3 Å². The number of carbonyl (C=O) groups excluding carboxylic acids is 1. The van der Waals surface area contributed by atoms with Crippen LogP contribution < -0.4 is 5.32 Å².